The molecule has 1 saturated heterocycles. The zero-order valence-electron chi connectivity index (χ0n) is 10.8. The van der Waals surface area contributed by atoms with Crippen molar-refractivity contribution in [3.05, 3.63) is 29.6 Å². The first-order chi connectivity index (χ1) is 9.00. The van der Waals surface area contributed by atoms with Gasteiger partial charge in [0.05, 0.1) is 6.61 Å². The van der Waals surface area contributed by atoms with Crippen LogP contribution in [0.1, 0.15) is 31.7 Å². The Bertz CT molecular complexity index is 559. The Morgan fingerprint density at radius 3 is 2.84 bits per heavy atom. The summed E-state index contributed by atoms with van der Waals surface area (Å²) < 4.78 is 40.2. The fraction of sp³-hybridized carbons (Fsp3) is 0.538. The molecule has 0 bridgehead atoms. The molecule has 0 saturated carbocycles. The Labute approximate surface area is 112 Å². The lowest BCUT2D eigenvalue weighted by Gasteiger charge is -2.23. The third kappa shape index (κ3) is 2.66. The van der Waals surface area contributed by atoms with Gasteiger partial charge in [-0.25, -0.2) is 12.8 Å². The summed E-state index contributed by atoms with van der Waals surface area (Å²) in [5.41, 5.74) is 0.396. The van der Waals surface area contributed by atoms with Gasteiger partial charge >= 0.3 is 0 Å². The average Bonchev–Trinajstić information content (AvgIpc) is 2.88. The molecule has 1 heterocycles. The molecule has 0 spiro atoms. The number of hydrogen-bond acceptors (Lipinski definition) is 3. The Balaban J connectivity index is 2.44. The Morgan fingerprint density at radius 2 is 2.21 bits per heavy atom. The Kier molecular flexibility index (Phi) is 4.23. The molecule has 106 valence electrons. The molecule has 4 nitrogen and oxygen atoms in total. The van der Waals surface area contributed by atoms with Gasteiger partial charge in [-0.1, -0.05) is 13.0 Å². The first-order valence-corrected chi connectivity index (χ1v) is 7.85. The molecule has 1 aromatic rings. The number of aliphatic hydroxyl groups is 1. The summed E-state index contributed by atoms with van der Waals surface area (Å²) in [6.45, 7) is 2.06. The molecule has 1 N–H and O–H groups in total. The molecule has 0 aliphatic carbocycles. The summed E-state index contributed by atoms with van der Waals surface area (Å²) in [6, 6.07) is 3.64. The lowest BCUT2D eigenvalue weighted by molar-refractivity contribution is 0.281. The number of nitrogens with zero attached hydrogens (tertiary/aromatic N) is 1. The van der Waals surface area contributed by atoms with Crippen LogP contribution >= 0.6 is 0 Å². The largest absolute Gasteiger partial charge is 0.392 e. The van der Waals surface area contributed by atoms with Crippen LogP contribution < -0.4 is 0 Å². The molecule has 1 unspecified atom stereocenters. The predicted molar refractivity (Wildman–Crippen MR) is 69.5 cm³/mol. The van der Waals surface area contributed by atoms with Crippen molar-refractivity contribution >= 4 is 10.0 Å². The third-order valence-corrected chi connectivity index (χ3v) is 5.53. The van der Waals surface area contributed by atoms with Crippen LogP contribution in [0.25, 0.3) is 0 Å². The molecule has 1 fully saturated rings. The van der Waals surface area contributed by atoms with E-state index < -0.39 is 15.8 Å². The highest BCUT2D eigenvalue weighted by atomic mass is 32.2. The molecule has 0 amide bonds. The number of halogens is 1. The standard InChI is InChI=1S/C13H18FNO3S/c1-2-11-4-3-7-15(11)19(17,18)13-8-10(9-16)5-6-12(13)14/h5-6,8,11,16H,2-4,7,9H2,1H3. The molecular formula is C13H18FNO3S. The quantitative estimate of drug-likeness (QED) is 0.920. The van der Waals surface area contributed by atoms with E-state index in [1.807, 2.05) is 6.92 Å². The SMILES string of the molecule is CCC1CCCN1S(=O)(=O)c1cc(CO)ccc1F. The summed E-state index contributed by atoms with van der Waals surface area (Å²) in [6.07, 6.45) is 2.34. The second-order valence-electron chi connectivity index (χ2n) is 4.74. The van der Waals surface area contributed by atoms with E-state index in [0.717, 1.165) is 25.3 Å². The summed E-state index contributed by atoms with van der Waals surface area (Å²) in [5, 5.41) is 9.05. The van der Waals surface area contributed by atoms with Gasteiger partial charge in [-0.05, 0) is 37.0 Å². The molecule has 1 aromatic carbocycles. The van der Waals surface area contributed by atoms with E-state index in [9.17, 15) is 12.8 Å². The van der Waals surface area contributed by atoms with Gasteiger partial charge in [0.1, 0.15) is 10.7 Å². The van der Waals surface area contributed by atoms with Gasteiger partial charge in [-0.3, -0.25) is 0 Å². The summed E-state index contributed by atoms with van der Waals surface area (Å²) in [7, 11) is -3.82. The smallest absolute Gasteiger partial charge is 0.246 e. The fourth-order valence-corrected chi connectivity index (χ4v) is 4.39. The summed E-state index contributed by atoms with van der Waals surface area (Å²) >= 11 is 0. The first-order valence-electron chi connectivity index (χ1n) is 6.41. The van der Waals surface area contributed by atoms with E-state index in [-0.39, 0.29) is 17.5 Å². The molecule has 19 heavy (non-hydrogen) atoms. The Morgan fingerprint density at radius 1 is 1.47 bits per heavy atom. The lowest BCUT2D eigenvalue weighted by atomic mass is 10.2. The number of sulfonamides is 1. The van der Waals surface area contributed by atoms with Gasteiger partial charge in [-0.15, -0.1) is 0 Å². The number of benzene rings is 1. The van der Waals surface area contributed by atoms with Crippen molar-refractivity contribution in [2.24, 2.45) is 0 Å². The second kappa shape index (κ2) is 5.56. The maximum atomic E-state index is 13.8. The maximum absolute atomic E-state index is 13.8. The summed E-state index contributed by atoms with van der Waals surface area (Å²) in [5.74, 6) is -0.765. The molecule has 1 aliphatic rings. The van der Waals surface area contributed by atoms with Crippen LogP contribution in [0.3, 0.4) is 0 Å². The van der Waals surface area contributed by atoms with Gasteiger partial charge in [0.2, 0.25) is 10.0 Å². The predicted octanol–water partition coefficient (Wildman–Crippen LogP) is 1.88. The van der Waals surface area contributed by atoms with Crippen LogP contribution in [0.15, 0.2) is 23.1 Å². The molecule has 1 aliphatic heterocycles. The van der Waals surface area contributed by atoms with Crippen LogP contribution in [0, 0.1) is 5.82 Å². The van der Waals surface area contributed by atoms with E-state index in [1.54, 1.807) is 0 Å². The van der Waals surface area contributed by atoms with Crippen LogP contribution in [-0.4, -0.2) is 30.4 Å². The van der Waals surface area contributed by atoms with Crippen molar-refractivity contribution in [1.82, 2.24) is 4.31 Å². The summed E-state index contributed by atoms with van der Waals surface area (Å²) in [4.78, 5) is -0.334. The molecular weight excluding hydrogens is 269 g/mol. The molecule has 2 rings (SSSR count). The van der Waals surface area contributed by atoms with E-state index in [0.29, 0.717) is 12.1 Å². The van der Waals surface area contributed by atoms with E-state index in [1.165, 1.54) is 16.4 Å². The van der Waals surface area contributed by atoms with Crippen LogP contribution in [0.2, 0.25) is 0 Å². The zero-order chi connectivity index (χ0) is 14.0. The van der Waals surface area contributed by atoms with E-state index >= 15 is 0 Å². The minimum atomic E-state index is -3.82. The average molecular weight is 287 g/mol. The molecule has 1 atom stereocenters. The van der Waals surface area contributed by atoms with Crippen molar-refractivity contribution in [2.75, 3.05) is 6.54 Å². The number of hydrogen-bond donors (Lipinski definition) is 1. The van der Waals surface area contributed by atoms with Crippen LogP contribution in [0.4, 0.5) is 4.39 Å². The van der Waals surface area contributed by atoms with Crippen molar-refractivity contribution < 1.29 is 17.9 Å². The van der Waals surface area contributed by atoms with Crippen molar-refractivity contribution in [3.8, 4) is 0 Å². The van der Waals surface area contributed by atoms with Crippen LogP contribution in [-0.2, 0) is 16.6 Å². The highest BCUT2D eigenvalue weighted by Crippen LogP contribution is 2.29. The van der Waals surface area contributed by atoms with Crippen LogP contribution in [0.5, 0.6) is 0 Å². The number of aliphatic hydroxyl groups excluding tert-OH is 1. The van der Waals surface area contributed by atoms with Gasteiger partial charge in [0.15, 0.2) is 0 Å². The van der Waals surface area contributed by atoms with Gasteiger partial charge in [-0.2, -0.15) is 4.31 Å². The normalized spacial score (nSPS) is 20.9. The van der Waals surface area contributed by atoms with Crippen molar-refractivity contribution in [2.45, 2.75) is 43.7 Å². The zero-order valence-corrected chi connectivity index (χ0v) is 11.7. The molecule has 6 heteroatoms. The second-order valence-corrected chi connectivity index (χ2v) is 6.60. The highest BCUT2D eigenvalue weighted by molar-refractivity contribution is 7.89. The van der Waals surface area contributed by atoms with Crippen molar-refractivity contribution in [1.29, 1.82) is 0 Å². The van der Waals surface area contributed by atoms with Gasteiger partial charge in [0, 0.05) is 12.6 Å². The molecule has 0 aromatic heterocycles. The molecule has 0 radical (unpaired) electrons. The minimum absolute atomic E-state index is 0.0535. The maximum Gasteiger partial charge on any atom is 0.246 e. The monoisotopic (exact) mass is 287 g/mol. The van der Waals surface area contributed by atoms with Gasteiger partial charge < -0.3 is 5.11 Å². The lowest BCUT2D eigenvalue weighted by Crippen LogP contribution is -2.35. The van der Waals surface area contributed by atoms with Crippen molar-refractivity contribution in [3.63, 3.8) is 0 Å². The topological polar surface area (TPSA) is 57.6 Å². The first kappa shape index (κ1) is 14.4. The Hall–Kier alpha value is -0.980. The fourth-order valence-electron chi connectivity index (χ4n) is 2.50. The third-order valence-electron chi connectivity index (χ3n) is 3.56. The minimum Gasteiger partial charge on any atom is -0.392 e. The number of rotatable bonds is 4. The van der Waals surface area contributed by atoms with Gasteiger partial charge in [0.25, 0.3) is 0 Å². The highest BCUT2D eigenvalue weighted by Gasteiger charge is 2.35. The van der Waals surface area contributed by atoms with E-state index in [4.69, 9.17) is 5.11 Å². The van der Waals surface area contributed by atoms with E-state index in [2.05, 4.69) is 0 Å².